The van der Waals surface area contributed by atoms with E-state index < -0.39 is 0 Å². The molecule has 0 saturated heterocycles. The highest BCUT2D eigenvalue weighted by Gasteiger charge is 2.31. The van der Waals surface area contributed by atoms with Crippen LogP contribution in [0.5, 0.6) is 11.6 Å². The van der Waals surface area contributed by atoms with Gasteiger partial charge in [0.1, 0.15) is 25.4 Å². The van der Waals surface area contributed by atoms with Crippen LogP contribution in [0.4, 0.5) is 5.82 Å². The molecule has 0 bridgehead atoms. The molecule has 0 fully saturated rings. The van der Waals surface area contributed by atoms with Crippen molar-refractivity contribution in [3.05, 3.63) is 60.8 Å². The summed E-state index contributed by atoms with van der Waals surface area (Å²) in [7, 11) is 0. The van der Waals surface area contributed by atoms with Crippen LogP contribution >= 0.6 is 0 Å². The highest BCUT2D eigenvalue weighted by molar-refractivity contribution is 5.80. The quantitative estimate of drug-likeness (QED) is 0.492. The summed E-state index contributed by atoms with van der Waals surface area (Å²) in [5.74, 6) is 2.07. The molecular formula is C24H24N6O2. The first-order chi connectivity index (χ1) is 15.7. The van der Waals surface area contributed by atoms with Gasteiger partial charge in [0.05, 0.1) is 16.7 Å². The number of anilines is 1. The molecule has 162 valence electrons. The number of rotatable bonds is 6. The molecule has 0 radical (unpaired) electrons. The Hall–Kier alpha value is -3.81. The van der Waals surface area contributed by atoms with Gasteiger partial charge in [0, 0.05) is 47.7 Å². The van der Waals surface area contributed by atoms with Crippen LogP contribution in [0, 0.1) is 0 Å². The summed E-state index contributed by atoms with van der Waals surface area (Å²) in [6.45, 7) is 6.10. The van der Waals surface area contributed by atoms with Gasteiger partial charge in [-0.15, -0.1) is 0 Å². The van der Waals surface area contributed by atoms with Crippen LogP contribution in [0.15, 0.2) is 55.2 Å². The lowest BCUT2D eigenvalue weighted by Crippen LogP contribution is -2.32. The first-order valence-corrected chi connectivity index (χ1v) is 10.7. The van der Waals surface area contributed by atoms with Crippen molar-refractivity contribution in [1.29, 1.82) is 0 Å². The van der Waals surface area contributed by atoms with Crippen LogP contribution < -0.4 is 14.8 Å². The number of benzene rings is 1. The minimum Gasteiger partial charge on any atom is -0.484 e. The second kappa shape index (κ2) is 8.37. The zero-order valence-corrected chi connectivity index (χ0v) is 18.1. The number of pyridine rings is 1. The molecule has 1 N–H and O–H groups in total. The molecule has 0 saturated carbocycles. The molecule has 5 rings (SSSR count). The molecule has 1 aliphatic heterocycles. The highest BCUT2D eigenvalue weighted by Crippen LogP contribution is 2.40. The Balaban J connectivity index is 1.39. The van der Waals surface area contributed by atoms with E-state index >= 15 is 0 Å². The Kier molecular flexibility index (Phi) is 5.26. The lowest BCUT2D eigenvalue weighted by Gasteiger charge is -2.32. The van der Waals surface area contributed by atoms with Crippen LogP contribution in [0.2, 0.25) is 0 Å². The Morgan fingerprint density at radius 2 is 1.75 bits per heavy atom. The normalized spacial score (nSPS) is 14.7. The molecule has 0 spiro atoms. The number of hydrogen-bond donors (Lipinski definition) is 1. The zero-order valence-electron chi connectivity index (χ0n) is 18.1. The van der Waals surface area contributed by atoms with Gasteiger partial charge in [0.25, 0.3) is 5.88 Å². The van der Waals surface area contributed by atoms with E-state index in [2.05, 4.69) is 44.1 Å². The van der Waals surface area contributed by atoms with E-state index in [0.717, 1.165) is 45.8 Å². The van der Waals surface area contributed by atoms with E-state index in [4.69, 9.17) is 9.47 Å². The Labute approximate surface area is 186 Å². The van der Waals surface area contributed by atoms with Crippen molar-refractivity contribution in [1.82, 2.24) is 24.9 Å². The summed E-state index contributed by atoms with van der Waals surface area (Å²) < 4.78 is 11.6. The SMILES string of the molecule is CC[C@](C)(CNc1cc(-c2ccc3nccnc3c2)ncn1)c1ccnc2c1OCCO2. The largest absolute Gasteiger partial charge is 0.484 e. The average molecular weight is 428 g/mol. The fourth-order valence-corrected chi connectivity index (χ4v) is 3.86. The number of nitrogens with zero attached hydrogens (tertiary/aromatic N) is 5. The fourth-order valence-electron chi connectivity index (χ4n) is 3.86. The van der Waals surface area contributed by atoms with Crippen molar-refractivity contribution < 1.29 is 9.47 Å². The van der Waals surface area contributed by atoms with E-state index in [9.17, 15) is 0 Å². The molecule has 4 aromatic rings. The Bertz CT molecular complexity index is 1260. The standard InChI is InChI=1S/C24H24N6O2/c1-3-24(2,17-6-7-27-23-22(17)31-10-11-32-23)14-28-21-13-19(29-15-30-21)16-4-5-18-20(12-16)26-9-8-25-18/h4-9,12-13,15H,3,10-11,14H2,1-2H3,(H,28,29,30)/t24-/m1/s1. The first-order valence-electron chi connectivity index (χ1n) is 10.7. The van der Waals surface area contributed by atoms with E-state index in [-0.39, 0.29) is 5.41 Å². The molecule has 1 aromatic carbocycles. The molecule has 1 atom stereocenters. The second-order valence-electron chi connectivity index (χ2n) is 8.01. The molecule has 1 aliphatic rings. The van der Waals surface area contributed by atoms with Gasteiger partial charge < -0.3 is 14.8 Å². The molecule has 8 nitrogen and oxygen atoms in total. The molecule has 0 unspecified atom stereocenters. The minimum absolute atomic E-state index is 0.197. The van der Waals surface area contributed by atoms with Crippen molar-refractivity contribution in [2.75, 3.05) is 25.1 Å². The topological polar surface area (TPSA) is 94.9 Å². The van der Waals surface area contributed by atoms with Crippen molar-refractivity contribution in [3.63, 3.8) is 0 Å². The number of fused-ring (bicyclic) bond motifs is 2. The van der Waals surface area contributed by atoms with Crippen LogP contribution in [-0.2, 0) is 5.41 Å². The van der Waals surface area contributed by atoms with Crippen LogP contribution in [0.3, 0.4) is 0 Å². The monoisotopic (exact) mass is 428 g/mol. The van der Waals surface area contributed by atoms with Gasteiger partial charge in [-0.05, 0) is 24.6 Å². The van der Waals surface area contributed by atoms with Gasteiger partial charge >= 0.3 is 0 Å². The van der Waals surface area contributed by atoms with Gasteiger partial charge in [-0.2, -0.15) is 0 Å². The Morgan fingerprint density at radius 1 is 0.906 bits per heavy atom. The molecule has 0 aliphatic carbocycles. The fraction of sp³-hybridized carbons (Fsp3) is 0.292. The maximum atomic E-state index is 5.91. The molecule has 4 heterocycles. The minimum atomic E-state index is -0.197. The summed E-state index contributed by atoms with van der Waals surface area (Å²) in [5, 5.41) is 3.49. The van der Waals surface area contributed by atoms with Crippen LogP contribution in [0.25, 0.3) is 22.3 Å². The molecular weight excluding hydrogens is 404 g/mol. The smallest absolute Gasteiger partial charge is 0.257 e. The van der Waals surface area contributed by atoms with Gasteiger partial charge in [0.15, 0.2) is 5.75 Å². The van der Waals surface area contributed by atoms with Crippen molar-refractivity contribution in [2.45, 2.75) is 25.7 Å². The predicted octanol–water partition coefficient (Wildman–Crippen LogP) is 4.03. The predicted molar refractivity (Wildman–Crippen MR) is 122 cm³/mol. The van der Waals surface area contributed by atoms with Gasteiger partial charge in [-0.3, -0.25) is 9.97 Å². The third kappa shape index (κ3) is 3.79. The van der Waals surface area contributed by atoms with Gasteiger partial charge in [-0.1, -0.05) is 19.9 Å². The Morgan fingerprint density at radius 3 is 2.62 bits per heavy atom. The van der Waals surface area contributed by atoms with Crippen molar-refractivity contribution in [2.24, 2.45) is 0 Å². The molecule has 32 heavy (non-hydrogen) atoms. The van der Waals surface area contributed by atoms with Gasteiger partial charge in [0.2, 0.25) is 0 Å². The average Bonchev–Trinajstić information content (AvgIpc) is 2.87. The highest BCUT2D eigenvalue weighted by atomic mass is 16.6. The van der Waals surface area contributed by atoms with Gasteiger partial charge in [-0.25, -0.2) is 15.0 Å². The van der Waals surface area contributed by atoms with Crippen LogP contribution in [0.1, 0.15) is 25.8 Å². The maximum Gasteiger partial charge on any atom is 0.257 e. The third-order valence-electron chi connectivity index (χ3n) is 5.96. The molecule has 0 amide bonds. The third-order valence-corrected chi connectivity index (χ3v) is 5.96. The second-order valence-corrected chi connectivity index (χ2v) is 8.01. The van der Waals surface area contributed by atoms with Crippen LogP contribution in [-0.4, -0.2) is 44.7 Å². The lowest BCUT2D eigenvalue weighted by atomic mass is 9.79. The summed E-state index contributed by atoms with van der Waals surface area (Å²) in [6, 6.07) is 9.91. The van der Waals surface area contributed by atoms with Crippen molar-refractivity contribution in [3.8, 4) is 22.9 Å². The summed E-state index contributed by atoms with van der Waals surface area (Å²) in [5.41, 5.74) is 4.37. The maximum absolute atomic E-state index is 5.91. The number of hydrogen-bond acceptors (Lipinski definition) is 8. The molecule has 8 heteroatoms. The van der Waals surface area contributed by atoms with Crippen molar-refractivity contribution >= 4 is 16.9 Å². The first kappa shape index (κ1) is 20.1. The summed E-state index contributed by atoms with van der Waals surface area (Å²) >= 11 is 0. The summed E-state index contributed by atoms with van der Waals surface area (Å²) in [6.07, 6.45) is 7.64. The summed E-state index contributed by atoms with van der Waals surface area (Å²) in [4.78, 5) is 21.9. The molecule has 3 aromatic heterocycles. The zero-order chi connectivity index (χ0) is 22.0. The number of ether oxygens (including phenoxy) is 2. The van der Waals surface area contributed by atoms with E-state index in [1.165, 1.54) is 0 Å². The lowest BCUT2D eigenvalue weighted by molar-refractivity contribution is 0.160. The van der Waals surface area contributed by atoms with E-state index in [0.29, 0.717) is 25.6 Å². The van der Waals surface area contributed by atoms with E-state index in [1.807, 2.05) is 30.3 Å². The number of nitrogens with one attached hydrogen (secondary N) is 1. The number of aromatic nitrogens is 5. The van der Waals surface area contributed by atoms with E-state index in [1.54, 1.807) is 24.9 Å².